The van der Waals surface area contributed by atoms with E-state index < -0.39 is 12.0 Å². The minimum absolute atomic E-state index is 0. The third-order valence-corrected chi connectivity index (χ3v) is 2.36. The van der Waals surface area contributed by atoms with Crippen molar-refractivity contribution in [2.75, 3.05) is 0 Å². The van der Waals surface area contributed by atoms with Gasteiger partial charge in [0, 0.05) is 0 Å². The summed E-state index contributed by atoms with van der Waals surface area (Å²) in [6.07, 6.45) is 3.76. The maximum atomic E-state index is 10.4. The van der Waals surface area contributed by atoms with E-state index in [1.807, 2.05) is 0 Å². The maximum Gasteiger partial charge on any atom is 0.320 e. The molecule has 0 aromatic heterocycles. The van der Waals surface area contributed by atoms with Crippen LogP contribution in [0.25, 0.3) is 0 Å². The predicted molar refractivity (Wildman–Crippen MR) is 56.2 cm³/mol. The van der Waals surface area contributed by atoms with Crippen LogP contribution in [0.2, 0.25) is 0 Å². The van der Waals surface area contributed by atoms with Crippen molar-refractivity contribution >= 4 is 18.4 Å². The molecular formula is C9H20ClNO2. The Morgan fingerprint density at radius 3 is 2.08 bits per heavy atom. The molecule has 3 nitrogen and oxygen atoms in total. The standard InChI is InChI=1S/C9H19NO2.ClH/c1-3-7(4-2)5-6-8(10)9(11)12;/h7-8H,3-6,10H2,1-2H3,(H,11,12);1H/t8-;/m1./s1. The molecule has 0 amide bonds. The van der Waals surface area contributed by atoms with Gasteiger partial charge in [0.25, 0.3) is 0 Å². The molecule has 0 aliphatic rings. The zero-order valence-electron chi connectivity index (χ0n) is 8.32. The average molecular weight is 210 g/mol. The van der Waals surface area contributed by atoms with Crippen molar-refractivity contribution in [2.24, 2.45) is 11.7 Å². The van der Waals surface area contributed by atoms with E-state index in [-0.39, 0.29) is 12.4 Å². The van der Waals surface area contributed by atoms with E-state index in [2.05, 4.69) is 13.8 Å². The van der Waals surface area contributed by atoms with Crippen LogP contribution in [0, 0.1) is 5.92 Å². The van der Waals surface area contributed by atoms with E-state index >= 15 is 0 Å². The van der Waals surface area contributed by atoms with Gasteiger partial charge in [-0.2, -0.15) is 0 Å². The van der Waals surface area contributed by atoms with Gasteiger partial charge in [-0.25, -0.2) is 0 Å². The van der Waals surface area contributed by atoms with Crippen LogP contribution in [-0.4, -0.2) is 17.1 Å². The Balaban J connectivity index is 0. The summed E-state index contributed by atoms with van der Waals surface area (Å²) in [6, 6.07) is -0.675. The number of halogens is 1. The Labute approximate surface area is 86.1 Å². The highest BCUT2D eigenvalue weighted by Gasteiger charge is 2.13. The van der Waals surface area contributed by atoms with E-state index in [0.29, 0.717) is 12.3 Å². The van der Waals surface area contributed by atoms with Gasteiger partial charge in [-0.05, 0) is 18.8 Å². The number of carbonyl (C=O) groups is 1. The summed E-state index contributed by atoms with van der Waals surface area (Å²) in [6.45, 7) is 4.25. The molecule has 0 fully saturated rings. The van der Waals surface area contributed by atoms with E-state index in [9.17, 15) is 4.79 Å². The largest absolute Gasteiger partial charge is 0.480 e. The molecule has 0 unspecified atom stereocenters. The molecule has 4 heteroatoms. The van der Waals surface area contributed by atoms with Crippen molar-refractivity contribution in [1.82, 2.24) is 0 Å². The zero-order chi connectivity index (χ0) is 9.56. The van der Waals surface area contributed by atoms with Gasteiger partial charge >= 0.3 is 5.97 Å². The van der Waals surface area contributed by atoms with Crippen LogP contribution in [0.4, 0.5) is 0 Å². The van der Waals surface area contributed by atoms with Gasteiger partial charge in [-0.1, -0.05) is 26.7 Å². The lowest BCUT2D eigenvalue weighted by Gasteiger charge is -2.13. The van der Waals surface area contributed by atoms with Crippen LogP contribution in [0.3, 0.4) is 0 Å². The van der Waals surface area contributed by atoms with Crippen LogP contribution >= 0.6 is 12.4 Å². The van der Waals surface area contributed by atoms with E-state index in [4.69, 9.17) is 10.8 Å². The summed E-state index contributed by atoms with van der Waals surface area (Å²) in [4.78, 5) is 10.4. The minimum Gasteiger partial charge on any atom is -0.480 e. The molecule has 0 rings (SSSR count). The van der Waals surface area contributed by atoms with E-state index in [1.165, 1.54) is 0 Å². The fourth-order valence-electron chi connectivity index (χ4n) is 1.24. The minimum atomic E-state index is -0.888. The molecule has 0 aromatic carbocycles. The topological polar surface area (TPSA) is 63.3 Å². The summed E-state index contributed by atoms with van der Waals surface area (Å²) < 4.78 is 0. The molecule has 3 N–H and O–H groups in total. The van der Waals surface area contributed by atoms with Gasteiger partial charge in [-0.3, -0.25) is 4.79 Å². The third kappa shape index (κ3) is 6.84. The van der Waals surface area contributed by atoms with E-state index in [0.717, 1.165) is 19.3 Å². The zero-order valence-corrected chi connectivity index (χ0v) is 9.14. The highest BCUT2D eigenvalue weighted by molar-refractivity contribution is 5.85. The molecule has 0 aromatic rings. The van der Waals surface area contributed by atoms with Gasteiger partial charge in [0.15, 0.2) is 0 Å². The van der Waals surface area contributed by atoms with Crippen LogP contribution in [0.5, 0.6) is 0 Å². The van der Waals surface area contributed by atoms with E-state index in [1.54, 1.807) is 0 Å². The molecule has 0 saturated carbocycles. The van der Waals surface area contributed by atoms with Crippen molar-refractivity contribution in [3.8, 4) is 0 Å². The highest BCUT2D eigenvalue weighted by Crippen LogP contribution is 2.15. The lowest BCUT2D eigenvalue weighted by atomic mass is 9.95. The summed E-state index contributed by atoms with van der Waals surface area (Å²) in [5, 5.41) is 8.52. The molecule has 0 spiro atoms. The normalized spacial score (nSPS) is 12.3. The van der Waals surface area contributed by atoms with Crippen LogP contribution in [0.1, 0.15) is 39.5 Å². The number of hydrogen-bond acceptors (Lipinski definition) is 2. The van der Waals surface area contributed by atoms with Crippen molar-refractivity contribution < 1.29 is 9.90 Å². The second kappa shape index (κ2) is 8.32. The second-order valence-corrected chi connectivity index (χ2v) is 3.20. The number of aliphatic carboxylic acids is 1. The second-order valence-electron chi connectivity index (χ2n) is 3.20. The SMILES string of the molecule is CCC(CC)CC[C@@H](N)C(=O)O.Cl. The predicted octanol–water partition coefficient (Wildman–Crippen LogP) is 2.04. The number of nitrogens with two attached hydrogens (primary N) is 1. The van der Waals surface area contributed by atoms with Crippen molar-refractivity contribution in [3.63, 3.8) is 0 Å². The van der Waals surface area contributed by atoms with Gasteiger partial charge in [0.1, 0.15) is 6.04 Å². The first kappa shape index (κ1) is 15.2. The Kier molecular flexibility index (Phi) is 9.74. The smallest absolute Gasteiger partial charge is 0.320 e. The average Bonchev–Trinajstić information content (AvgIpc) is 2.05. The summed E-state index contributed by atoms with van der Waals surface area (Å²) in [7, 11) is 0. The van der Waals surface area contributed by atoms with Gasteiger partial charge in [0.2, 0.25) is 0 Å². The number of rotatable bonds is 6. The monoisotopic (exact) mass is 209 g/mol. The molecule has 0 saturated heterocycles. The number of carboxylic acids is 1. The first-order valence-corrected chi connectivity index (χ1v) is 4.60. The molecule has 1 atom stereocenters. The Hall–Kier alpha value is -0.280. The molecular weight excluding hydrogens is 190 g/mol. The Bertz CT molecular complexity index is 138. The molecule has 0 heterocycles. The van der Waals surface area contributed by atoms with Crippen LogP contribution in [0.15, 0.2) is 0 Å². The lowest BCUT2D eigenvalue weighted by Crippen LogP contribution is -2.30. The van der Waals surface area contributed by atoms with Crippen molar-refractivity contribution in [1.29, 1.82) is 0 Å². The maximum absolute atomic E-state index is 10.4. The Morgan fingerprint density at radius 1 is 1.31 bits per heavy atom. The van der Waals surface area contributed by atoms with Gasteiger partial charge in [0.05, 0.1) is 0 Å². The van der Waals surface area contributed by atoms with Gasteiger partial charge < -0.3 is 10.8 Å². The quantitative estimate of drug-likeness (QED) is 0.704. The number of hydrogen-bond donors (Lipinski definition) is 2. The molecule has 0 aliphatic heterocycles. The first-order chi connectivity index (χ1) is 5.61. The Morgan fingerprint density at radius 2 is 1.77 bits per heavy atom. The van der Waals surface area contributed by atoms with Crippen molar-refractivity contribution in [3.05, 3.63) is 0 Å². The highest BCUT2D eigenvalue weighted by atomic mass is 35.5. The molecule has 0 bridgehead atoms. The summed E-state index contributed by atoms with van der Waals surface area (Å²) >= 11 is 0. The number of carboxylic acid groups (broad SMARTS) is 1. The molecule has 80 valence electrons. The van der Waals surface area contributed by atoms with Gasteiger partial charge in [-0.15, -0.1) is 12.4 Å². The summed E-state index contributed by atoms with van der Waals surface area (Å²) in [5.41, 5.74) is 5.37. The molecule has 0 radical (unpaired) electrons. The van der Waals surface area contributed by atoms with Crippen molar-refractivity contribution in [2.45, 2.75) is 45.6 Å². The first-order valence-electron chi connectivity index (χ1n) is 4.60. The fourth-order valence-corrected chi connectivity index (χ4v) is 1.24. The third-order valence-electron chi connectivity index (χ3n) is 2.36. The summed E-state index contributed by atoms with van der Waals surface area (Å²) in [5.74, 6) is -0.253. The molecule has 13 heavy (non-hydrogen) atoms. The fraction of sp³-hybridized carbons (Fsp3) is 0.889. The van der Waals surface area contributed by atoms with Crippen LogP contribution in [-0.2, 0) is 4.79 Å². The van der Waals surface area contributed by atoms with Crippen LogP contribution < -0.4 is 5.73 Å². The lowest BCUT2D eigenvalue weighted by molar-refractivity contribution is -0.138. The molecule has 0 aliphatic carbocycles.